The molecule has 0 aromatic carbocycles. The van der Waals surface area contributed by atoms with E-state index in [4.69, 9.17) is 6.42 Å². The van der Waals surface area contributed by atoms with Crippen LogP contribution in [0, 0.1) is 30.1 Å². The number of rotatable bonds is 3. The predicted molar refractivity (Wildman–Crippen MR) is 64.8 cm³/mol. The molecule has 3 unspecified atom stereocenters. The lowest BCUT2D eigenvalue weighted by Crippen LogP contribution is -2.37. The van der Waals surface area contributed by atoms with Crippen LogP contribution in [0.5, 0.6) is 0 Å². The molecule has 0 spiro atoms. The van der Waals surface area contributed by atoms with Gasteiger partial charge in [-0.1, -0.05) is 12.3 Å². The number of hydrogen-bond donors (Lipinski definition) is 0. The molecule has 0 heterocycles. The van der Waals surface area contributed by atoms with Crippen LogP contribution < -0.4 is 0 Å². The lowest BCUT2D eigenvalue weighted by molar-refractivity contribution is -0.143. The number of fused-ring (bicyclic) bond motifs is 2. The second-order valence-electron chi connectivity index (χ2n) is 5.34. The summed E-state index contributed by atoms with van der Waals surface area (Å²) in [4.78, 5) is 24.5. The largest absolute Gasteiger partial charge is 0.275 e. The third-order valence-electron chi connectivity index (χ3n) is 4.25. The number of carbonyl (C=O) groups is 2. The first-order chi connectivity index (χ1) is 8.11. The smallest absolute Gasteiger partial charge is 0.230 e. The van der Waals surface area contributed by atoms with Gasteiger partial charge in [0.1, 0.15) is 0 Å². The van der Waals surface area contributed by atoms with Crippen molar-refractivity contribution in [3.8, 4) is 12.3 Å². The average Bonchev–Trinajstić information content (AvgIpc) is 2.86. The lowest BCUT2D eigenvalue weighted by Gasteiger charge is -2.24. The molecule has 3 nitrogen and oxygen atoms in total. The fourth-order valence-corrected chi connectivity index (χ4v) is 3.43. The van der Waals surface area contributed by atoms with Crippen LogP contribution in [0.15, 0.2) is 0 Å². The fraction of sp³-hybridized carbons (Fsp3) is 0.714. The number of nitrogens with zero attached hydrogens (tertiary/aromatic N) is 1. The number of hydrogen-bond acceptors (Lipinski definition) is 2. The summed E-state index contributed by atoms with van der Waals surface area (Å²) in [5.41, 5.74) is 0. The maximum Gasteiger partial charge on any atom is 0.230 e. The molecule has 0 radical (unpaired) electrons. The molecule has 3 heteroatoms. The van der Waals surface area contributed by atoms with Gasteiger partial charge in [0.05, 0.1) is 6.54 Å². The highest BCUT2D eigenvalue weighted by atomic mass is 16.2. The molecule has 0 aliphatic heterocycles. The van der Waals surface area contributed by atoms with E-state index in [0.29, 0.717) is 18.3 Å². The van der Waals surface area contributed by atoms with Gasteiger partial charge in [-0.2, -0.15) is 0 Å². The van der Waals surface area contributed by atoms with Gasteiger partial charge < -0.3 is 0 Å². The molecule has 92 valence electrons. The number of carbonyl (C=O) groups excluding carboxylic acids is 2. The summed E-state index contributed by atoms with van der Waals surface area (Å²) in [5, 5.41) is 0. The predicted octanol–water partition coefficient (Wildman–Crippen LogP) is 1.82. The van der Waals surface area contributed by atoms with E-state index in [1.165, 1.54) is 31.1 Å². The Hall–Kier alpha value is -1.30. The van der Waals surface area contributed by atoms with Crippen molar-refractivity contribution in [2.75, 3.05) is 6.54 Å². The van der Waals surface area contributed by atoms with Crippen LogP contribution >= 0.6 is 0 Å². The van der Waals surface area contributed by atoms with E-state index in [0.717, 1.165) is 12.3 Å². The topological polar surface area (TPSA) is 37.4 Å². The summed E-state index contributed by atoms with van der Waals surface area (Å²) in [6.45, 7) is 1.50. The standard InChI is InChI=1S/C14H19NO2/c1-3-6-15(10(2)16)14(17)9-13-8-11-4-5-12(13)7-11/h1,11-13H,4-9H2,2H3. The first kappa shape index (κ1) is 12.2. The Kier molecular flexibility index (Phi) is 3.51. The molecule has 3 atom stereocenters. The monoisotopic (exact) mass is 233 g/mol. The SMILES string of the molecule is C#CCN(C(C)=O)C(=O)CC1CC2CCC1C2. The van der Waals surface area contributed by atoms with Crippen molar-refractivity contribution < 1.29 is 9.59 Å². The highest BCUT2D eigenvalue weighted by Gasteiger charge is 2.40. The number of terminal acetylenes is 1. The van der Waals surface area contributed by atoms with Crippen molar-refractivity contribution >= 4 is 11.8 Å². The molecule has 2 rings (SSSR count). The maximum absolute atomic E-state index is 12.0. The van der Waals surface area contributed by atoms with Crippen LogP contribution in [-0.4, -0.2) is 23.3 Å². The summed E-state index contributed by atoms with van der Waals surface area (Å²) >= 11 is 0. The van der Waals surface area contributed by atoms with Crippen LogP contribution in [0.25, 0.3) is 0 Å². The van der Waals surface area contributed by atoms with Gasteiger partial charge >= 0.3 is 0 Å². The lowest BCUT2D eigenvalue weighted by atomic mass is 9.86. The van der Waals surface area contributed by atoms with Crippen LogP contribution in [0.2, 0.25) is 0 Å². The van der Waals surface area contributed by atoms with E-state index in [1.54, 1.807) is 0 Å². The highest BCUT2D eigenvalue weighted by molar-refractivity contribution is 5.94. The molecular formula is C14H19NO2. The molecule has 2 aliphatic rings. The molecule has 2 bridgehead atoms. The summed E-state index contributed by atoms with van der Waals surface area (Å²) in [5.74, 6) is 4.07. The van der Waals surface area contributed by atoms with Crippen LogP contribution in [0.1, 0.15) is 39.0 Å². The molecule has 2 saturated carbocycles. The van der Waals surface area contributed by atoms with E-state index in [2.05, 4.69) is 5.92 Å². The minimum atomic E-state index is -0.240. The number of imide groups is 1. The van der Waals surface area contributed by atoms with Gasteiger partial charge in [-0.05, 0) is 37.0 Å². The average molecular weight is 233 g/mol. The van der Waals surface area contributed by atoms with Gasteiger partial charge in [0.15, 0.2) is 0 Å². The quantitative estimate of drug-likeness (QED) is 0.697. The van der Waals surface area contributed by atoms with E-state index in [9.17, 15) is 9.59 Å². The maximum atomic E-state index is 12.0. The second-order valence-corrected chi connectivity index (χ2v) is 5.34. The van der Waals surface area contributed by atoms with Gasteiger partial charge in [-0.25, -0.2) is 0 Å². The Labute approximate surface area is 103 Å². The Morgan fingerprint density at radius 1 is 1.35 bits per heavy atom. The molecule has 17 heavy (non-hydrogen) atoms. The Balaban J connectivity index is 1.92. The van der Waals surface area contributed by atoms with Crippen molar-refractivity contribution in [1.29, 1.82) is 0 Å². The zero-order valence-corrected chi connectivity index (χ0v) is 10.3. The van der Waals surface area contributed by atoms with Crippen molar-refractivity contribution in [2.45, 2.75) is 39.0 Å². The first-order valence-corrected chi connectivity index (χ1v) is 6.36. The van der Waals surface area contributed by atoms with Gasteiger partial charge in [0, 0.05) is 13.3 Å². The number of amides is 2. The van der Waals surface area contributed by atoms with E-state index in [1.807, 2.05) is 0 Å². The Bertz CT molecular complexity index is 369. The summed E-state index contributed by atoms with van der Waals surface area (Å²) in [6, 6.07) is 0. The Morgan fingerprint density at radius 2 is 2.12 bits per heavy atom. The summed E-state index contributed by atoms with van der Waals surface area (Å²) < 4.78 is 0. The molecule has 2 aliphatic carbocycles. The minimum Gasteiger partial charge on any atom is -0.275 e. The highest BCUT2D eigenvalue weighted by Crippen LogP contribution is 2.49. The molecule has 0 aromatic rings. The minimum absolute atomic E-state index is 0.0898. The molecule has 0 aromatic heterocycles. The summed E-state index contributed by atoms with van der Waals surface area (Å²) in [6.07, 6.45) is 10.7. The molecule has 2 fully saturated rings. The second kappa shape index (κ2) is 4.91. The molecule has 2 amide bonds. The van der Waals surface area contributed by atoms with Crippen molar-refractivity contribution in [3.05, 3.63) is 0 Å². The van der Waals surface area contributed by atoms with Gasteiger partial charge in [0.25, 0.3) is 0 Å². The van der Waals surface area contributed by atoms with Gasteiger partial charge in [0.2, 0.25) is 11.8 Å². The van der Waals surface area contributed by atoms with Gasteiger partial charge in [-0.3, -0.25) is 14.5 Å². The van der Waals surface area contributed by atoms with E-state index >= 15 is 0 Å². The third kappa shape index (κ3) is 2.52. The van der Waals surface area contributed by atoms with Gasteiger partial charge in [-0.15, -0.1) is 6.42 Å². The summed E-state index contributed by atoms with van der Waals surface area (Å²) in [7, 11) is 0. The zero-order chi connectivity index (χ0) is 12.4. The van der Waals surface area contributed by atoms with Crippen molar-refractivity contribution in [1.82, 2.24) is 4.90 Å². The molecule has 0 saturated heterocycles. The molecule has 0 N–H and O–H groups in total. The normalized spacial score (nSPS) is 30.0. The van der Waals surface area contributed by atoms with Crippen LogP contribution in [0.3, 0.4) is 0 Å². The van der Waals surface area contributed by atoms with E-state index in [-0.39, 0.29) is 18.4 Å². The third-order valence-corrected chi connectivity index (χ3v) is 4.25. The first-order valence-electron chi connectivity index (χ1n) is 6.36. The van der Waals surface area contributed by atoms with Crippen LogP contribution in [-0.2, 0) is 9.59 Å². The van der Waals surface area contributed by atoms with Crippen molar-refractivity contribution in [2.24, 2.45) is 17.8 Å². The van der Waals surface area contributed by atoms with Crippen LogP contribution in [0.4, 0.5) is 0 Å². The molecular weight excluding hydrogens is 214 g/mol. The zero-order valence-electron chi connectivity index (χ0n) is 10.3. The van der Waals surface area contributed by atoms with E-state index < -0.39 is 0 Å². The van der Waals surface area contributed by atoms with Crippen molar-refractivity contribution in [3.63, 3.8) is 0 Å². The Morgan fingerprint density at radius 3 is 2.59 bits per heavy atom. The fourth-order valence-electron chi connectivity index (χ4n) is 3.43.